The smallest absolute Gasteiger partial charge is 0.263 e. The van der Waals surface area contributed by atoms with Crippen LogP contribution in [-0.4, -0.2) is 30.0 Å². The van der Waals surface area contributed by atoms with Crippen LogP contribution in [0, 0.1) is 0 Å². The SMILES string of the molecule is CCC(Oc1ccc(Cl)cc1)C(=O)N(CC)CC. The van der Waals surface area contributed by atoms with Crippen molar-refractivity contribution in [1.82, 2.24) is 4.90 Å². The third-order valence-corrected chi connectivity index (χ3v) is 3.07. The summed E-state index contributed by atoms with van der Waals surface area (Å²) < 4.78 is 5.72. The lowest BCUT2D eigenvalue weighted by molar-refractivity contribution is -0.138. The molecule has 0 saturated carbocycles. The number of carbonyl (C=O) groups excluding carboxylic acids is 1. The zero-order chi connectivity index (χ0) is 13.5. The molecule has 1 atom stereocenters. The molecule has 0 radical (unpaired) electrons. The van der Waals surface area contributed by atoms with Crippen LogP contribution < -0.4 is 4.74 Å². The van der Waals surface area contributed by atoms with Gasteiger partial charge in [0.1, 0.15) is 5.75 Å². The molecule has 0 N–H and O–H groups in total. The van der Waals surface area contributed by atoms with Gasteiger partial charge in [-0.2, -0.15) is 0 Å². The highest BCUT2D eigenvalue weighted by Gasteiger charge is 2.22. The maximum atomic E-state index is 12.2. The number of ether oxygens (including phenoxy) is 1. The summed E-state index contributed by atoms with van der Waals surface area (Å²) in [7, 11) is 0. The lowest BCUT2D eigenvalue weighted by Crippen LogP contribution is -2.41. The van der Waals surface area contributed by atoms with E-state index in [0.29, 0.717) is 30.3 Å². The van der Waals surface area contributed by atoms with Crippen LogP contribution in [-0.2, 0) is 4.79 Å². The summed E-state index contributed by atoms with van der Waals surface area (Å²) in [4.78, 5) is 14.0. The van der Waals surface area contributed by atoms with Gasteiger partial charge in [0, 0.05) is 18.1 Å². The fraction of sp³-hybridized carbons (Fsp3) is 0.500. The van der Waals surface area contributed by atoms with Crippen molar-refractivity contribution in [3.05, 3.63) is 29.3 Å². The van der Waals surface area contributed by atoms with Crippen molar-refractivity contribution < 1.29 is 9.53 Å². The highest BCUT2D eigenvalue weighted by Crippen LogP contribution is 2.18. The van der Waals surface area contributed by atoms with E-state index < -0.39 is 6.10 Å². The second-order valence-electron chi connectivity index (χ2n) is 3.98. The Morgan fingerprint density at radius 2 is 1.78 bits per heavy atom. The Morgan fingerprint density at radius 3 is 2.22 bits per heavy atom. The number of halogens is 1. The van der Waals surface area contributed by atoms with Gasteiger partial charge >= 0.3 is 0 Å². The number of carbonyl (C=O) groups is 1. The van der Waals surface area contributed by atoms with Crippen LogP contribution in [0.5, 0.6) is 5.75 Å². The fourth-order valence-electron chi connectivity index (χ4n) is 1.72. The number of nitrogens with zero attached hydrogens (tertiary/aromatic N) is 1. The van der Waals surface area contributed by atoms with Gasteiger partial charge in [0.2, 0.25) is 0 Å². The van der Waals surface area contributed by atoms with E-state index in [0.717, 1.165) is 0 Å². The van der Waals surface area contributed by atoms with Crippen molar-refractivity contribution in [2.45, 2.75) is 33.3 Å². The van der Waals surface area contributed by atoms with Crippen LogP contribution in [0.3, 0.4) is 0 Å². The number of benzene rings is 1. The monoisotopic (exact) mass is 269 g/mol. The summed E-state index contributed by atoms with van der Waals surface area (Å²) in [6, 6.07) is 7.07. The fourth-order valence-corrected chi connectivity index (χ4v) is 1.85. The minimum Gasteiger partial charge on any atom is -0.481 e. The molecule has 1 unspecified atom stereocenters. The number of hydrogen-bond donors (Lipinski definition) is 0. The van der Waals surface area contributed by atoms with Crippen LogP contribution in [0.4, 0.5) is 0 Å². The van der Waals surface area contributed by atoms with E-state index in [1.54, 1.807) is 29.2 Å². The summed E-state index contributed by atoms with van der Waals surface area (Å²) in [5, 5.41) is 0.658. The van der Waals surface area contributed by atoms with Crippen LogP contribution in [0.15, 0.2) is 24.3 Å². The van der Waals surface area contributed by atoms with E-state index in [-0.39, 0.29) is 5.91 Å². The summed E-state index contributed by atoms with van der Waals surface area (Å²) in [6.45, 7) is 7.29. The first kappa shape index (κ1) is 14.8. The number of hydrogen-bond acceptors (Lipinski definition) is 2. The van der Waals surface area contributed by atoms with Crippen LogP contribution in [0.2, 0.25) is 5.02 Å². The molecule has 0 aliphatic carbocycles. The Bertz CT molecular complexity index is 374. The molecular formula is C14H20ClNO2. The van der Waals surface area contributed by atoms with Gasteiger partial charge in [0.15, 0.2) is 6.10 Å². The molecule has 0 saturated heterocycles. The second-order valence-corrected chi connectivity index (χ2v) is 4.42. The van der Waals surface area contributed by atoms with Crippen molar-refractivity contribution in [3.8, 4) is 5.75 Å². The first-order chi connectivity index (χ1) is 8.62. The van der Waals surface area contributed by atoms with Gasteiger partial charge in [-0.25, -0.2) is 0 Å². The number of likely N-dealkylation sites (N-methyl/N-ethyl adjacent to an activating group) is 1. The third-order valence-electron chi connectivity index (χ3n) is 2.81. The average molecular weight is 270 g/mol. The first-order valence-corrected chi connectivity index (χ1v) is 6.71. The minimum absolute atomic E-state index is 0.0393. The molecule has 1 rings (SSSR count). The second kappa shape index (κ2) is 7.27. The van der Waals surface area contributed by atoms with Crippen molar-refractivity contribution in [1.29, 1.82) is 0 Å². The molecule has 0 aromatic heterocycles. The van der Waals surface area contributed by atoms with E-state index in [2.05, 4.69) is 0 Å². The largest absolute Gasteiger partial charge is 0.481 e. The average Bonchev–Trinajstić information content (AvgIpc) is 2.39. The van der Waals surface area contributed by atoms with Gasteiger partial charge in [0.25, 0.3) is 5.91 Å². The van der Waals surface area contributed by atoms with Crippen LogP contribution >= 0.6 is 11.6 Å². The highest BCUT2D eigenvalue weighted by molar-refractivity contribution is 6.30. The normalized spacial score (nSPS) is 12.0. The molecule has 0 aliphatic rings. The van der Waals surface area contributed by atoms with E-state index in [1.165, 1.54) is 0 Å². The highest BCUT2D eigenvalue weighted by atomic mass is 35.5. The van der Waals surface area contributed by atoms with Gasteiger partial charge < -0.3 is 9.64 Å². The summed E-state index contributed by atoms with van der Waals surface area (Å²) in [5.41, 5.74) is 0. The molecule has 0 fully saturated rings. The quantitative estimate of drug-likeness (QED) is 0.792. The van der Waals surface area contributed by atoms with Gasteiger partial charge in [-0.3, -0.25) is 4.79 Å². The lowest BCUT2D eigenvalue weighted by Gasteiger charge is -2.25. The van der Waals surface area contributed by atoms with Crippen LogP contribution in [0.25, 0.3) is 0 Å². The maximum absolute atomic E-state index is 12.2. The predicted octanol–water partition coefficient (Wildman–Crippen LogP) is 3.37. The molecule has 100 valence electrons. The summed E-state index contributed by atoms with van der Waals surface area (Å²) in [5.74, 6) is 0.712. The molecule has 0 heterocycles. The van der Waals surface area contributed by atoms with E-state index in [9.17, 15) is 4.79 Å². The molecule has 3 nitrogen and oxygen atoms in total. The standard InChI is InChI=1S/C14H20ClNO2/c1-4-13(14(17)16(5-2)6-3)18-12-9-7-11(15)8-10-12/h7-10,13H,4-6H2,1-3H3. The Kier molecular flexibility index (Phi) is 5.99. The first-order valence-electron chi connectivity index (χ1n) is 6.33. The minimum atomic E-state index is -0.425. The molecule has 1 amide bonds. The Labute approximate surface area is 114 Å². The van der Waals surface area contributed by atoms with Crippen molar-refractivity contribution in [2.24, 2.45) is 0 Å². The zero-order valence-electron chi connectivity index (χ0n) is 11.1. The zero-order valence-corrected chi connectivity index (χ0v) is 11.9. The predicted molar refractivity (Wildman–Crippen MR) is 74.1 cm³/mol. The van der Waals surface area contributed by atoms with Gasteiger partial charge in [-0.05, 0) is 44.5 Å². The van der Waals surface area contributed by atoms with E-state index in [4.69, 9.17) is 16.3 Å². The Balaban J connectivity index is 2.72. The van der Waals surface area contributed by atoms with Gasteiger partial charge in [-0.1, -0.05) is 18.5 Å². The van der Waals surface area contributed by atoms with Gasteiger partial charge in [-0.15, -0.1) is 0 Å². The molecule has 0 aliphatic heterocycles. The molecule has 0 spiro atoms. The van der Waals surface area contributed by atoms with Crippen molar-refractivity contribution in [2.75, 3.05) is 13.1 Å². The molecule has 18 heavy (non-hydrogen) atoms. The molecule has 4 heteroatoms. The lowest BCUT2D eigenvalue weighted by atomic mass is 10.2. The van der Waals surface area contributed by atoms with Gasteiger partial charge in [0.05, 0.1) is 0 Å². The van der Waals surface area contributed by atoms with Crippen molar-refractivity contribution in [3.63, 3.8) is 0 Å². The summed E-state index contributed by atoms with van der Waals surface area (Å²) in [6.07, 6.45) is 0.226. The summed E-state index contributed by atoms with van der Waals surface area (Å²) >= 11 is 5.81. The Morgan fingerprint density at radius 1 is 1.22 bits per heavy atom. The molecule has 0 bridgehead atoms. The maximum Gasteiger partial charge on any atom is 0.263 e. The molecule has 1 aromatic rings. The van der Waals surface area contributed by atoms with Crippen LogP contribution in [0.1, 0.15) is 27.2 Å². The number of rotatable bonds is 6. The Hall–Kier alpha value is -1.22. The molecule has 1 aromatic carbocycles. The van der Waals surface area contributed by atoms with E-state index in [1.807, 2.05) is 20.8 Å². The van der Waals surface area contributed by atoms with E-state index >= 15 is 0 Å². The number of amides is 1. The van der Waals surface area contributed by atoms with Crippen molar-refractivity contribution >= 4 is 17.5 Å². The molecular weight excluding hydrogens is 250 g/mol. The third kappa shape index (κ3) is 3.91. The topological polar surface area (TPSA) is 29.5 Å².